The lowest BCUT2D eigenvalue weighted by Crippen LogP contribution is -2.27. The zero-order chi connectivity index (χ0) is 20.0. The lowest BCUT2D eigenvalue weighted by molar-refractivity contribution is -0.116. The van der Waals surface area contributed by atoms with E-state index >= 15 is 0 Å². The summed E-state index contributed by atoms with van der Waals surface area (Å²) in [5, 5.41) is 5.67. The number of imidazole rings is 1. The van der Waals surface area contributed by atoms with Gasteiger partial charge in [-0.2, -0.15) is 0 Å². The SMILES string of the molecule is Cc1cc(=O)n2c(n1)SCC2CC(=O)Nc1ccccc1-c1cn2ccsc2n1. The molecule has 1 unspecified atom stereocenters. The molecule has 0 saturated carbocycles. The fraction of sp³-hybridized carbons (Fsp3) is 0.200. The molecule has 0 aliphatic carbocycles. The Balaban J connectivity index is 1.38. The molecule has 0 saturated heterocycles. The Kier molecular flexibility index (Phi) is 4.48. The van der Waals surface area contributed by atoms with Gasteiger partial charge in [0.2, 0.25) is 5.91 Å². The summed E-state index contributed by atoms with van der Waals surface area (Å²) in [6.45, 7) is 1.81. The third kappa shape index (κ3) is 3.36. The van der Waals surface area contributed by atoms with Crippen LogP contribution in [0.3, 0.4) is 0 Å². The molecular weight excluding hydrogens is 406 g/mol. The minimum atomic E-state index is -0.194. The normalized spacial score (nSPS) is 15.6. The van der Waals surface area contributed by atoms with Gasteiger partial charge in [0.05, 0.1) is 17.4 Å². The number of hydrogen-bond acceptors (Lipinski definition) is 6. The van der Waals surface area contributed by atoms with E-state index in [2.05, 4.69) is 15.3 Å². The fourth-order valence-electron chi connectivity index (χ4n) is 3.50. The minimum absolute atomic E-state index is 0.103. The summed E-state index contributed by atoms with van der Waals surface area (Å²) in [6, 6.07) is 8.95. The Morgan fingerprint density at radius 1 is 1.31 bits per heavy atom. The molecule has 1 aliphatic rings. The number of nitrogens with zero attached hydrogens (tertiary/aromatic N) is 4. The second-order valence-corrected chi connectivity index (χ2v) is 8.73. The quantitative estimate of drug-likeness (QED) is 0.507. The van der Waals surface area contributed by atoms with Gasteiger partial charge in [0, 0.05) is 47.3 Å². The van der Waals surface area contributed by atoms with Crippen LogP contribution >= 0.6 is 23.1 Å². The van der Waals surface area contributed by atoms with E-state index in [0.717, 1.165) is 16.2 Å². The molecule has 5 rings (SSSR count). The molecular formula is C20H17N5O2S2. The Labute approximate surface area is 174 Å². The summed E-state index contributed by atoms with van der Waals surface area (Å²) in [6.07, 6.45) is 4.13. The maximum absolute atomic E-state index is 12.8. The summed E-state index contributed by atoms with van der Waals surface area (Å²) < 4.78 is 3.60. The number of fused-ring (bicyclic) bond motifs is 2. The predicted molar refractivity (Wildman–Crippen MR) is 115 cm³/mol. The van der Waals surface area contributed by atoms with Crippen LogP contribution in [0.15, 0.2) is 58.1 Å². The molecule has 1 aromatic carbocycles. The Hall–Kier alpha value is -2.91. The van der Waals surface area contributed by atoms with E-state index in [1.54, 1.807) is 22.8 Å². The smallest absolute Gasteiger partial charge is 0.254 e. The number of carbonyl (C=O) groups is 1. The highest BCUT2D eigenvalue weighted by Crippen LogP contribution is 2.33. The largest absolute Gasteiger partial charge is 0.325 e. The van der Waals surface area contributed by atoms with Crippen molar-refractivity contribution in [2.75, 3.05) is 11.1 Å². The van der Waals surface area contributed by atoms with Gasteiger partial charge in [-0.05, 0) is 13.0 Å². The number of benzene rings is 1. The van der Waals surface area contributed by atoms with Gasteiger partial charge in [-0.15, -0.1) is 11.3 Å². The zero-order valence-corrected chi connectivity index (χ0v) is 17.2. The van der Waals surface area contributed by atoms with E-state index in [1.165, 1.54) is 17.8 Å². The van der Waals surface area contributed by atoms with Gasteiger partial charge < -0.3 is 5.32 Å². The maximum Gasteiger partial charge on any atom is 0.254 e. The van der Waals surface area contributed by atoms with Crippen LogP contribution in [-0.2, 0) is 4.79 Å². The number of para-hydroxylation sites is 1. The van der Waals surface area contributed by atoms with E-state index < -0.39 is 0 Å². The van der Waals surface area contributed by atoms with Gasteiger partial charge in [-0.3, -0.25) is 18.6 Å². The van der Waals surface area contributed by atoms with Crippen LogP contribution in [0, 0.1) is 6.92 Å². The average molecular weight is 424 g/mol. The van der Waals surface area contributed by atoms with Gasteiger partial charge in [0.1, 0.15) is 0 Å². The molecule has 0 fully saturated rings. The maximum atomic E-state index is 12.8. The molecule has 1 aliphatic heterocycles. The van der Waals surface area contributed by atoms with E-state index in [4.69, 9.17) is 0 Å². The molecule has 0 radical (unpaired) electrons. The zero-order valence-electron chi connectivity index (χ0n) is 15.5. The molecule has 146 valence electrons. The number of thioether (sulfide) groups is 1. The molecule has 3 aromatic heterocycles. The number of anilines is 1. The van der Waals surface area contributed by atoms with Crippen molar-refractivity contribution in [1.82, 2.24) is 18.9 Å². The first kappa shape index (κ1) is 18.1. The number of thiazole rings is 1. The van der Waals surface area contributed by atoms with Crippen LogP contribution in [0.25, 0.3) is 16.2 Å². The van der Waals surface area contributed by atoms with Crippen LogP contribution in [0.2, 0.25) is 0 Å². The van der Waals surface area contributed by atoms with Crippen molar-refractivity contribution in [1.29, 1.82) is 0 Å². The van der Waals surface area contributed by atoms with Crippen molar-refractivity contribution in [2.24, 2.45) is 0 Å². The molecule has 9 heteroatoms. The van der Waals surface area contributed by atoms with Crippen molar-refractivity contribution < 1.29 is 4.79 Å². The number of amides is 1. The van der Waals surface area contributed by atoms with Crippen molar-refractivity contribution >= 4 is 39.7 Å². The summed E-state index contributed by atoms with van der Waals surface area (Å²) in [4.78, 5) is 35.1. The topological polar surface area (TPSA) is 81.3 Å². The van der Waals surface area contributed by atoms with Gasteiger partial charge >= 0.3 is 0 Å². The molecule has 1 atom stereocenters. The van der Waals surface area contributed by atoms with Crippen molar-refractivity contribution in [3.05, 3.63) is 64.2 Å². The fourth-order valence-corrected chi connectivity index (χ4v) is 5.40. The Morgan fingerprint density at radius 3 is 3.03 bits per heavy atom. The van der Waals surface area contributed by atoms with E-state index in [9.17, 15) is 9.59 Å². The summed E-state index contributed by atoms with van der Waals surface area (Å²) in [7, 11) is 0. The van der Waals surface area contributed by atoms with Crippen LogP contribution < -0.4 is 10.9 Å². The van der Waals surface area contributed by atoms with E-state index in [-0.39, 0.29) is 23.9 Å². The second-order valence-electron chi connectivity index (χ2n) is 6.87. The molecule has 4 heterocycles. The lowest BCUT2D eigenvalue weighted by atomic mass is 10.1. The van der Waals surface area contributed by atoms with Gasteiger partial charge in [-0.1, -0.05) is 30.0 Å². The lowest BCUT2D eigenvalue weighted by Gasteiger charge is -2.14. The van der Waals surface area contributed by atoms with E-state index in [0.29, 0.717) is 22.3 Å². The molecule has 1 N–H and O–H groups in total. The standard InChI is InChI=1S/C20H17N5O2S2/c1-12-8-18(27)25-13(11-29-20(25)21-12)9-17(26)22-15-5-3-2-4-14(15)16-10-24-6-7-28-19(24)23-16/h2-8,10,13H,9,11H2,1H3,(H,22,26). The molecule has 0 bridgehead atoms. The van der Waals surface area contributed by atoms with Crippen LogP contribution in [0.1, 0.15) is 18.2 Å². The minimum Gasteiger partial charge on any atom is -0.325 e. The first-order chi connectivity index (χ1) is 14.1. The van der Waals surface area contributed by atoms with Crippen LogP contribution in [-0.4, -0.2) is 30.6 Å². The van der Waals surface area contributed by atoms with Crippen molar-refractivity contribution in [3.8, 4) is 11.3 Å². The van der Waals surface area contributed by atoms with Crippen LogP contribution in [0.4, 0.5) is 5.69 Å². The molecule has 0 spiro atoms. The van der Waals surface area contributed by atoms with Crippen molar-refractivity contribution in [2.45, 2.75) is 24.5 Å². The number of rotatable bonds is 4. The van der Waals surface area contributed by atoms with E-state index in [1.807, 2.05) is 46.4 Å². The molecule has 29 heavy (non-hydrogen) atoms. The first-order valence-electron chi connectivity index (χ1n) is 9.13. The Bertz CT molecular complexity index is 1260. The molecule has 4 aromatic rings. The van der Waals surface area contributed by atoms with Crippen molar-refractivity contribution in [3.63, 3.8) is 0 Å². The number of aryl methyl sites for hydroxylation is 1. The third-order valence-electron chi connectivity index (χ3n) is 4.81. The number of carbonyl (C=O) groups excluding carboxylic acids is 1. The first-order valence-corrected chi connectivity index (χ1v) is 11.0. The monoisotopic (exact) mass is 423 g/mol. The average Bonchev–Trinajstić information content (AvgIpc) is 3.37. The number of nitrogens with one attached hydrogen (secondary N) is 1. The summed E-state index contributed by atoms with van der Waals surface area (Å²) >= 11 is 3.08. The summed E-state index contributed by atoms with van der Waals surface area (Å²) in [5.74, 6) is 0.530. The predicted octanol–water partition coefficient (Wildman–Crippen LogP) is 3.60. The van der Waals surface area contributed by atoms with Crippen LogP contribution in [0.5, 0.6) is 0 Å². The highest BCUT2D eigenvalue weighted by atomic mass is 32.2. The summed E-state index contributed by atoms with van der Waals surface area (Å²) in [5.41, 5.74) is 2.99. The van der Waals surface area contributed by atoms with Gasteiger partial charge in [-0.25, -0.2) is 9.97 Å². The molecule has 1 amide bonds. The Morgan fingerprint density at radius 2 is 2.17 bits per heavy atom. The second kappa shape index (κ2) is 7.16. The highest BCUT2D eigenvalue weighted by Gasteiger charge is 2.27. The molecule has 7 nitrogen and oxygen atoms in total. The number of aromatic nitrogens is 4. The number of hydrogen-bond donors (Lipinski definition) is 1. The highest BCUT2D eigenvalue weighted by molar-refractivity contribution is 7.99. The third-order valence-corrected chi connectivity index (χ3v) is 6.68. The van der Waals surface area contributed by atoms with Gasteiger partial charge in [0.25, 0.3) is 5.56 Å². The van der Waals surface area contributed by atoms with Gasteiger partial charge in [0.15, 0.2) is 10.1 Å².